The van der Waals surface area contributed by atoms with Crippen molar-refractivity contribution in [1.29, 1.82) is 0 Å². The van der Waals surface area contributed by atoms with Crippen molar-refractivity contribution >= 4 is 27.9 Å². The molecule has 0 unspecified atom stereocenters. The van der Waals surface area contributed by atoms with E-state index in [2.05, 4.69) is 6.07 Å². The lowest BCUT2D eigenvalue weighted by Crippen LogP contribution is -2.30. The summed E-state index contributed by atoms with van der Waals surface area (Å²) in [6.07, 6.45) is 0.0455. The van der Waals surface area contributed by atoms with Crippen LogP contribution in [0.3, 0.4) is 0 Å². The number of hydrogen-bond acceptors (Lipinski definition) is 3. The summed E-state index contributed by atoms with van der Waals surface area (Å²) in [4.78, 5) is 19.2. The summed E-state index contributed by atoms with van der Waals surface area (Å²) in [5.41, 5.74) is 4.00. The van der Waals surface area contributed by atoms with Gasteiger partial charge in [-0.05, 0) is 72.7 Å². The standard InChI is InChI=1S/C31H26F3N3O2/c32-31(33,34)25-8-9-27-26(16-25)35-29(37(27)18-19-11-13-36(17-19)30(38)22-5-6-22)21-3-1-20(2-4-21)23-7-10-28-24(15-23)12-14-39-28/h1-4,7-10,12,14-16,19,22H,5-6,11,13,17-18H2/t19-/m1/s1. The van der Waals surface area contributed by atoms with Crippen LogP contribution in [0.1, 0.15) is 24.8 Å². The van der Waals surface area contributed by atoms with Crippen molar-refractivity contribution in [2.45, 2.75) is 32.0 Å². The Morgan fingerprint density at radius 1 is 0.923 bits per heavy atom. The minimum atomic E-state index is -4.44. The molecular formula is C31H26F3N3O2. The Morgan fingerprint density at radius 3 is 2.46 bits per heavy atom. The van der Waals surface area contributed by atoms with Gasteiger partial charge >= 0.3 is 6.18 Å². The lowest BCUT2D eigenvalue weighted by Gasteiger charge is -2.18. The number of fused-ring (bicyclic) bond motifs is 2. The summed E-state index contributed by atoms with van der Waals surface area (Å²) in [5, 5.41) is 1.02. The van der Waals surface area contributed by atoms with Gasteiger partial charge in [0.2, 0.25) is 5.91 Å². The first-order chi connectivity index (χ1) is 18.8. The van der Waals surface area contributed by atoms with Gasteiger partial charge in [-0.15, -0.1) is 0 Å². The van der Waals surface area contributed by atoms with Crippen molar-refractivity contribution in [2.75, 3.05) is 13.1 Å². The molecule has 5 aromatic rings. The highest BCUT2D eigenvalue weighted by Crippen LogP contribution is 2.36. The van der Waals surface area contributed by atoms with Crippen molar-refractivity contribution in [1.82, 2.24) is 14.5 Å². The van der Waals surface area contributed by atoms with E-state index in [1.54, 1.807) is 6.26 Å². The molecule has 39 heavy (non-hydrogen) atoms. The fourth-order valence-electron chi connectivity index (χ4n) is 5.70. The molecule has 2 aromatic heterocycles. The molecule has 1 saturated heterocycles. The molecule has 1 atom stereocenters. The van der Waals surface area contributed by atoms with Crippen LogP contribution in [0.2, 0.25) is 0 Å². The van der Waals surface area contributed by atoms with Crippen molar-refractivity contribution in [2.24, 2.45) is 11.8 Å². The van der Waals surface area contributed by atoms with E-state index in [1.807, 2.05) is 51.9 Å². The number of benzene rings is 3. The Bertz CT molecular complexity index is 1700. The van der Waals surface area contributed by atoms with Gasteiger partial charge in [0.15, 0.2) is 0 Å². The van der Waals surface area contributed by atoms with E-state index in [0.29, 0.717) is 29.9 Å². The predicted octanol–water partition coefficient (Wildman–Crippen LogP) is 7.39. The smallest absolute Gasteiger partial charge is 0.416 e. The van der Waals surface area contributed by atoms with Crippen LogP contribution >= 0.6 is 0 Å². The first-order valence-corrected chi connectivity index (χ1v) is 13.3. The van der Waals surface area contributed by atoms with E-state index < -0.39 is 11.7 Å². The molecule has 2 fully saturated rings. The SMILES string of the molecule is O=C(C1CC1)N1CC[C@@H](Cn2c(-c3ccc(-c4ccc5occc5c4)cc3)nc3cc(C(F)(F)F)ccc32)C1. The average Bonchev–Trinajstić information content (AvgIpc) is 3.33. The molecule has 0 spiro atoms. The maximum atomic E-state index is 13.5. The van der Waals surface area contributed by atoms with Crippen molar-refractivity contribution in [3.8, 4) is 22.5 Å². The topological polar surface area (TPSA) is 51.3 Å². The van der Waals surface area contributed by atoms with Crippen LogP contribution in [0.15, 0.2) is 77.4 Å². The van der Waals surface area contributed by atoms with Crippen LogP contribution in [0.4, 0.5) is 13.2 Å². The Kier molecular flexibility index (Phi) is 5.54. The normalized spacial score (nSPS) is 17.9. The number of nitrogens with zero attached hydrogens (tertiary/aromatic N) is 3. The molecule has 3 heterocycles. The fourth-order valence-corrected chi connectivity index (χ4v) is 5.70. The number of carbonyl (C=O) groups excluding carboxylic acids is 1. The van der Waals surface area contributed by atoms with Gasteiger partial charge < -0.3 is 13.9 Å². The summed E-state index contributed by atoms with van der Waals surface area (Å²) in [6, 6.07) is 19.6. The first kappa shape index (κ1) is 24.0. The number of halogens is 3. The minimum absolute atomic E-state index is 0.182. The Hall–Kier alpha value is -4.07. The average molecular weight is 530 g/mol. The number of alkyl halides is 3. The molecule has 1 amide bonds. The molecule has 198 valence electrons. The van der Waals surface area contributed by atoms with Crippen LogP contribution < -0.4 is 0 Å². The molecule has 0 radical (unpaired) electrons. The third-order valence-electron chi connectivity index (χ3n) is 7.97. The summed E-state index contributed by atoms with van der Waals surface area (Å²) < 4.78 is 47.9. The molecule has 7 rings (SSSR count). The van der Waals surface area contributed by atoms with E-state index >= 15 is 0 Å². The van der Waals surface area contributed by atoms with Crippen LogP contribution in [-0.2, 0) is 17.5 Å². The zero-order valence-corrected chi connectivity index (χ0v) is 21.1. The zero-order chi connectivity index (χ0) is 26.7. The maximum absolute atomic E-state index is 13.5. The summed E-state index contributed by atoms with van der Waals surface area (Å²) in [5.74, 6) is 1.27. The molecule has 1 aliphatic carbocycles. The molecule has 2 aliphatic rings. The number of rotatable bonds is 5. The summed E-state index contributed by atoms with van der Waals surface area (Å²) in [6.45, 7) is 1.99. The molecule has 3 aromatic carbocycles. The van der Waals surface area contributed by atoms with Gasteiger partial charge in [-0.25, -0.2) is 4.98 Å². The van der Waals surface area contributed by atoms with Gasteiger partial charge in [0.05, 0.1) is 22.9 Å². The first-order valence-electron chi connectivity index (χ1n) is 13.3. The second-order valence-corrected chi connectivity index (χ2v) is 10.7. The van der Waals surface area contributed by atoms with Crippen molar-refractivity contribution in [3.63, 3.8) is 0 Å². The molecule has 1 saturated carbocycles. The van der Waals surface area contributed by atoms with Crippen molar-refractivity contribution < 1.29 is 22.4 Å². The van der Waals surface area contributed by atoms with Gasteiger partial charge in [0.1, 0.15) is 11.4 Å². The van der Waals surface area contributed by atoms with E-state index in [1.165, 1.54) is 6.07 Å². The third kappa shape index (κ3) is 4.47. The Labute approximate surface area is 222 Å². The molecule has 0 N–H and O–H groups in total. The van der Waals surface area contributed by atoms with Gasteiger partial charge in [-0.2, -0.15) is 13.2 Å². The van der Waals surface area contributed by atoms with Crippen LogP contribution in [0.5, 0.6) is 0 Å². The minimum Gasteiger partial charge on any atom is -0.464 e. The number of hydrogen-bond donors (Lipinski definition) is 0. The predicted molar refractivity (Wildman–Crippen MR) is 143 cm³/mol. The van der Waals surface area contributed by atoms with Gasteiger partial charge in [-0.1, -0.05) is 30.3 Å². The largest absolute Gasteiger partial charge is 0.464 e. The lowest BCUT2D eigenvalue weighted by atomic mass is 10.0. The van der Waals surface area contributed by atoms with Crippen LogP contribution in [0.25, 0.3) is 44.5 Å². The van der Waals surface area contributed by atoms with E-state index in [9.17, 15) is 18.0 Å². The number of aromatic nitrogens is 2. The molecule has 5 nitrogen and oxygen atoms in total. The highest BCUT2D eigenvalue weighted by Gasteiger charge is 2.37. The zero-order valence-electron chi connectivity index (χ0n) is 21.1. The van der Waals surface area contributed by atoms with Crippen LogP contribution in [-0.4, -0.2) is 33.4 Å². The van der Waals surface area contributed by atoms with E-state index in [-0.39, 0.29) is 17.7 Å². The van der Waals surface area contributed by atoms with E-state index in [4.69, 9.17) is 9.40 Å². The summed E-state index contributed by atoms with van der Waals surface area (Å²) >= 11 is 0. The molecule has 1 aliphatic heterocycles. The Balaban J connectivity index is 1.24. The molecule has 0 bridgehead atoms. The number of likely N-dealkylation sites (tertiary alicyclic amines) is 1. The highest BCUT2D eigenvalue weighted by molar-refractivity contribution is 5.85. The second kappa shape index (κ2) is 9.00. The lowest BCUT2D eigenvalue weighted by molar-refractivity contribution is -0.137. The second-order valence-electron chi connectivity index (χ2n) is 10.7. The monoisotopic (exact) mass is 529 g/mol. The van der Waals surface area contributed by atoms with Crippen LogP contribution in [0, 0.1) is 11.8 Å². The summed E-state index contributed by atoms with van der Waals surface area (Å²) in [7, 11) is 0. The molecular weight excluding hydrogens is 503 g/mol. The Morgan fingerprint density at radius 2 is 1.69 bits per heavy atom. The quantitative estimate of drug-likeness (QED) is 0.239. The fraction of sp³-hybridized carbons (Fsp3) is 0.290. The van der Waals surface area contributed by atoms with Crippen molar-refractivity contribution in [3.05, 3.63) is 78.6 Å². The van der Waals surface area contributed by atoms with Gasteiger partial charge in [0, 0.05) is 36.5 Å². The molecule has 8 heteroatoms. The maximum Gasteiger partial charge on any atom is 0.416 e. The number of imidazole rings is 1. The van der Waals surface area contributed by atoms with Gasteiger partial charge in [0.25, 0.3) is 0 Å². The third-order valence-corrected chi connectivity index (χ3v) is 7.97. The number of amides is 1. The number of carbonyl (C=O) groups is 1. The number of furan rings is 1. The van der Waals surface area contributed by atoms with Gasteiger partial charge in [-0.3, -0.25) is 4.79 Å². The highest BCUT2D eigenvalue weighted by atomic mass is 19.4. The van der Waals surface area contributed by atoms with E-state index in [0.717, 1.165) is 65.6 Å².